The van der Waals surface area contributed by atoms with E-state index in [4.69, 9.17) is 14.2 Å². The Morgan fingerprint density at radius 3 is 0.816 bits per heavy atom. The van der Waals surface area contributed by atoms with E-state index in [9.17, 15) is 14.4 Å². The summed E-state index contributed by atoms with van der Waals surface area (Å²) in [6, 6.07) is 0. The van der Waals surface area contributed by atoms with Gasteiger partial charge in [-0.2, -0.15) is 0 Å². The van der Waals surface area contributed by atoms with Crippen LogP contribution in [-0.4, -0.2) is 37.2 Å². The van der Waals surface area contributed by atoms with Crippen LogP contribution in [0, 0.1) is 0 Å². The second-order valence-corrected chi connectivity index (χ2v) is 21.6. The molecule has 6 nitrogen and oxygen atoms in total. The van der Waals surface area contributed by atoms with Crippen molar-refractivity contribution in [2.75, 3.05) is 13.2 Å². The fourth-order valence-electron chi connectivity index (χ4n) is 9.27. The van der Waals surface area contributed by atoms with Crippen molar-refractivity contribution >= 4 is 17.9 Å². The number of carbonyl (C=O) groups excluding carboxylic acids is 3. The summed E-state index contributed by atoms with van der Waals surface area (Å²) in [4.78, 5) is 38.3. The van der Waals surface area contributed by atoms with Crippen molar-refractivity contribution in [2.24, 2.45) is 0 Å². The van der Waals surface area contributed by atoms with Crippen LogP contribution in [0.5, 0.6) is 0 Å². The second-order valence-electron chi connectivity index (χ2n) is 21.6. The highest BCUT2D eigenvalue weighted by molar-refractivity contribution is 5.71. The molecule has 0 aromatic carbocycles. The second kappa shape index (κ2) is 64.1. The van der Waals surface area contributed by atoms with Gasteiger partial charge in [0.2, 0.25) is 0 Å². The molecule has 0 heterocycles. The molecular formula is C70H122O6. The minimum atomic E-state index is -0.781. The van der Waals surface area contributed by atoms with Crippen LogP contribution < -0.4 is 0 Å². The van der Waals surface area contributed by atoms with Crippen molar-refractivity contribution in [3.8, 4) is 0 Å². The number of hydrogen-bond acceptors (Lipinski definition) is 6. The van der Waals surface area contributed by atoms with E-state index >= 15 is 0 Å². The van der Waals surface area contributed by atoms with Crippen molar-refractivity contribution in [3.63, 3.8) is 0 Å². The van der Waals surface area contributed by atoms with Crippen molar-refractivity contribution in [1.82, 2.24) is 0 Å². The number of hydrogen-bond donors (Lipinski definition) is 0. The predicted molar refractivity (Wildman–Crippen MR) is 330 cm³/mol. The molecule has 76 heavy (non-hydrogen) atoms. The van der Waals surface area contributed by atoms with Gasteiger partial charge in [0.25, 0.3) is 0 Å². The lowest BCUT2D eigenvalue weighted by Crippen LogP contribution is -2.30. The molecule has 438 valence electrons. The largest absolute Gasteiger partial charge is 0.462 e. The standard InChI is InChI=1S/C70H122O6/c1-4-7-10-13-16-19-22-25-27-29-31-32-33-34-35-36-37-38-39-41-42-45-48-51-54-57-60-63-69(72)75-66-67(65-74-68(71)62-59-56-53-50-47-44-24-21-18-15-12-9-6-3)76-70(73)64-61-58-55-52-49-46-43-40-30-28-26-23-20-17-14-11-8-5-2/h7,10,16,19-20,23,25,27-28,30-32,34-35,67H,4-6,8-9,11-15,17-18,21-22,24,26,29,33,36-66H2,1-3H3/b10-7-,19-16-,23-20-,27-25-,30-28-,32-31-,35-34-. The highest BCUT2D eigenvalue weighted by atomic mass is 16.6. The van der Waals surface area contributed by atoms with Crippen LogP contribution in [0.1, 0.15) is 323 Å². The quantitative estimate of drug-likeness (QED) is 0.0261. The van der Waals surface area contributed by atoms with Crippen LogP contribution in [-0.2, 0) is 28.6 Å². The molecule has 0 spiro atoms. The first-order valence-corrected chi connectivity index (χ1v) is 32.6. The molecule has 0 saturated carbocycles. The number of rotatable bonds is 59. The highest BCUT2D eigenvalue weighted by Gasteiger charge is 2.19. The van der Waals surface area contributed by atoms with E-state index < -0.39 is 6.10 Å². The van der Waals surface area contributed by atoms with Gasteiger partial charge in [-0.3, -0.25) is 14.4 Å². The van der Waals surface area contributed by atoms with Gasteiger partial charge in [-0.15, -0.1) is 0 Å². The minimum Gasteiger partial charge on any atom is -0.462 e. The molecule has 0 N–H and O–H groups in total. The fraction of sp³-hybridized carbons (Fsp3) is 0.757. The zero-order valence-corrected chi connectivity index (χ0v) is 50.3. The normalized spacial score (nSPS) is 12.6. The van der Waals surface area contributed by atoms with Crippen molar-refractivity contribution in [1.29, 1.82) is 0 Å². The lowest BCUT2D eigenvalue weighted by molar-refractivity contribution is -0.167. The average molecular weight is 1060 g/mol. The van der Waals surface area contributed by atoms with Gasteiger partial charge in [0, 0.05) is 19.3 Å². The average Bonchev–Trinajstić information content (AvgIpc) is 3.42. The number of carbonyl (C=O) groups is 3. The Bertz CT molecular complexity index is 1450. The van der Waals surface area contributed by atoms with Gasteiger partial charge in [0.15, 0.2) is 6.10 Å². The smallest absolute Gasteiger partial charge is 0.306 e. The van der Waals surface area contributed by atoms with Crippen LogP contribution in [0.15, 0.2) is 85.1 Å². The molecule has 0 aromatic rings. The first-order chi connectivity index (χ1) is 37.5. The highest BCUT2D eigenvalue weighted by Crippen LogP contribution is 2.17. The minimum absolute atomic E-state index is 0.0770. The van der Waals surface area contributed by atoms with E-state index in [1.165, 1.54) is 180 Å². The van der Waals surface area contributed by atoms with Crippen molar-refractivity contribution < 1.29 is 28.6 Å². The Kier molecular flexibility index (Phi) is 61.2. The number of esters is 3. The Morgan fingerprint density at radius 1 is 0.276 bits per heavy atom. The topological polar surface area (TPSA) is 78.9 Å². The molecule has 0 aliphatic heterocycles. The lowest BCUT2D eigenvalue weighted by atomic mass is 10.0. The molecular weight excluding hydrogens is 937 g/mol. The Hall–Kier alpha value is -3.41. The molecule has 0 rings (SSSR count). The Labute approximate surface area is 471 Å². The third kappa shape index (κ3) is 61.4. The SMILES string of the molecule is CC/C=C\C/C=C\C/C=C\C/C=C\C/C=C\CCCCCCCCCCCCCC(=O)OCC(COC(=O)CCCCCCCCCCCCCCC)OC(=O)CCCCCCCCC/C=C\C/C=C\CCCCCC. The number of allylic oxidation sites excluding steroid dienone is 14. The number of ether oxygens (including phenoxy) is 3. The van der Waals surface area contributed by atoms with Gasteiger partial charge in [-0.1, -0.05) is 292 Å². The van der Waals surface area contributed by atoms with Gasteiger partial charge < -0.3 is 14.2 Å². The Balaban J connectivity index is 4.29. The summed E-state index contributed by atoms with van der Waals surface area (Å²) in [5.41, 5.74) is 0. The summed E-state index contributed by atoms with van der Waals surface area (Å²) >= 11 is 0. The molecule has 0 fully saturated rings. The molecule has 1 atom stereocenters. The Morgan fingerprint density at radius 2 is 0.513 bits per heavy atom. The molecule has 0 bridgehead atoms. The molecule has 0 aromatic heterocycles. The first kappa shape index (κ1) is 72.6. The summed E-state index contributed by atoms with van der Waals surface area (Å²) in [6.07, 6.45) is 84.4. The van der Waals surface area contributed by atoms with E-state index in [-0.39, 0.29) is 31.1 Å². The maximum atomic E-state index is 12.9. The third-order valence-electron chi connectivity index (χ3n) is 14.1. The zero-order valence-electron chi connectivity index (χ0n) is 50.3. The summed E-state index contributed by atoms with van der Waals surface area (Å²) in [5.74, 6) is -0.874. The zero-order chi connectivity index (χ0) is 55.0. The first-order valence-electron chi connectivity index (χ1n) is 32.6. The monoisotopic (exact) mass is 1060 g/mol. The lowest BCUT2D eigenvalue weighted by Gasteiger charge is -2.18. The van der Waals surface area contributed by atoms with Crippen molar-refractivity contribution in [3.05, 3.63) is 85.1 Å². The molecule has 0 aliphatic carbocycles. The van der Waals surface area contributed by atoms with E-state index in [2.05, 4.69) is 106 Å². The van der Waals surface area contributed by atoms with E-state index in [0.29, 0.717) is 19.3 Å². The van der Waals surface area contributed by atoms with Crippen LogP contribution in [0.4, 0.5) is 0 Å². The molecule has 0 aliphatic rings. The molecule has 0 saturated heterocycles. The summed E-state index contributed by atoms with van der Waals surface area (Å²) in [5, 5.41) is 0. The maximum absolute atomic E-state index is 12.9. The fourth-order valence-corrected chi connectivity index (χ4v) is 9.27. The molecule has 1 unspecified atom stereocenters. The van der Waals surface area contributed by atoms with Gasteiger partial charge in [0.05, 0.1) is 0 Å². The van der Waals surface area contributed by atoms with Gasteiger partial charge in [-0.25, -0.2) is 0 Å². The summed E-state index contributed by atoms with van der Waals surface area (Å²) in [6.45, 7) is 6.54. The predicted octanol–water partition coefficient (Wildman–Crippen LogP) is 22.3. The summed E-state index contributed by atoms with van der Waals surface area (Å²) < 4.78 is 16.9. The van der Waals surface area contributed by atoms with Crippen LogP contribution in [0.2, 0.25) is 0 Å². The van der Waals surface area contributed by atoms with E-state index in [1.807, 2.05) is 0 Å². The van der Waals surface area contributed by atoms with Gasteiger partial charge >= 0.3 is 17.9 Å². The van der Waals surface area contributed by atoms with E-state index in [1.54, 1.807) is 0 Å². The van der Waals surface area contributed by atoms with Crippen molar-refractivity contribution in [2.45, 2.75) is 329 Å². The molecule has 0 radical (unpaired) electrons. The molecule has 6 heteroatoms. The van der Waals surface area contributed by atoms with E-state index in [0.717, 1.165) is 103 Å². The van der Waals surface area contributed by atoms with Gasteiger partial charge in [-0.05, 0) is 96.3 Å². The molecule has 0 amide bonds. The van der Waals surface area contributed by atoms with Crippen LogP contribution in [0.25, 0.3) is 0 Å². The van der Waals surface area contributed by atoms with Crippen LogP contribution >= 0.6 is 0 Å². The third-order valence-corrected chi connectivity index (χ3v) is 14.1. The van der Waals surface area contributed by atoms with Crippen LogP contribution in [0.3, 0.4) is 0 Å². The van der Waals surface area contributed by atoms with Gasteiger partial charge in [0.1, 0.15) is 13.2 Å². The maximum Gasteiger partial charge on any atom is 0.306 e. The summed E-state index contributed by atoms with van der Waals surface area (Å²) in [7, 11) is 0. The number of unbranched alkanes of at least 4 members (excludes halogenated alkanes) is 34.